The second-order valence-corrected chi connectivity index (χ2v) is 6.07. The summed E-state index contributed by atoms with van der Waals surface area (Å²) in [7, 11) is 0. The Morgan fingerprint density at radius 2 is 2.30 bits per heavy atom. The Morgan fingerprint density at radius 3 is 2.96 bits per heavy atom. The van der Waals surface area contributed by atoms with Crippen molar-refractivity contribution in [2.75, 3.05) is 11.1 Å². The molecule has 0 saturated carbocycles. The molecule has 0 fully saturated rings. The Bertz CT molecular complexity index is 721. The Hall–Kier alpha value is -2.33. The van der Waals surface area contributed by atoms with Gasteiger partial charge in [-0.25, -0.2) is 4.98 Å². The van der Waals surface area contributed by atoms with Crippen LogP contribution in [0.25, 0.3) is 0 Å². The first-order valence-corrected chi connectivity index (χ1v) is 8.37. The summed E-state index contributed by atoms with van der Waals surface area (Å²) in [4.78, 5) is 16.3. The second kappa shape index (κ2) is 8.34. The number of carbonyl (C=O) groups is 1. The first-order chi connectivity index (χ1) is 11.1. The monoisotopic (exact) mass is 330 g/mol. The molecule has 2 aromatic heterocycles. The van der Waals surface area contributed by atoms with Crippen LogP contribution in [-0.4, -0.2) is 21.8 Å². The van der Waals surface area contributed by atoms with Crippen LogP contribution in [0.5, 0.6) is 0 Å². The van der Waals surface area contributed by atoms with Gasteiger partial charge in [0.2, 0.25) is 5.91 Å². The molecule has 2 heterocycles. The zero-order valence-corrected chi connectivity index (χ0v) is 13.9. The second-order valence-electron chi connectivity index (χ2n) is 4.99. The molecule has 0 aliphatic heterocycles. The lowest BCUT2D eigenvalue weighted by Crippen LogP contribution is -2.12. The summed E-state index contributed by atoms with van der Waals surface area (Å²) in [6.45, 7) is 3.85. The summed E-state index contributed by atoms with van der Waals surface area (Å²) in [5.74, 6) is 1.46. The van der Waals surface area contributed by atoms with Gasteiger partial charge in [0.15, 0.2) is 5.82 Å². The fourth-order valence-electron chi connectivity index (χ4n) is 1.94. The van der Waals surface area contributed by atoms with Gasteiger partial charge in [-0.05, 0) is 25.5 Å². The molecule has 0 aliphatic rings. The van der Waals surface area contributed by atoms with Crippen LogP contribution in [0.4, 0.5) is 5.82 Å². The Morgan fingerprint density at radius 1 is 1.48 bits per heavy atom. The SMILES string of the molecule is CCCc1ccc(C#N)c(SCCC(=O)Nc2cc(C)on2)n1. The maximum absolute atomic E-state index is 11.8. The van der Waals surface area contributed by atoms with Crippen LogP contribution in [0.2, 0.25) is 0 Å². The highest BCUT2D eigenvalue weighted by molar-refractivity contribution is 7.99. The van der Waals surface area contributed by atoms with Gasteiger partial charge in [-0.15, -0.1) is 11.8 Å². The molecule has 0 atom stereocenters. The standard InChI is InChI=1S/C16H18N4O2S/c1-3-4-13-6-5-12(10-17)16(18-13)23-8-7-15(21)19-14-9-11(2)22-20-14/h5-6,9H,3-4,7-8H2,1-2H3,(H,19,20,21). The summed E-state index contributed by atoms with van der Waals surface area (Å²) < 4.78 is 4.89. The van der Waals surface area contributed by atoms with E-state index in [0.717, 1.165) is 18.5 Å². The Labute approximate surface area is 139 Å². The first-order valence-electron chi connectivity index (χ1n) is 7.38. The van der Waals surface area contributed by atoms with Crippen LogP contribution in [0, 0.1) is 18.3 Å². The number of rotatable bonds is 7. The molecular formula is C16H18N4O2S. The van der Waals surface area contributed by atoms with Gasteiger partial charge in [-0.1, -0.05) is 18.5 Å². The number of aromatic nitrogens is 2. The molecule has 2 rings (SSSR count). The van der Waals surface area contributed by atoms with Crippen LogP contribution in [0.3, 0.4) is 0 Å². The molecule has 23 heavy (non-hydrogen) atoms. The zero-order valence-electron chi connectivity index (χ0n) is 13.1. The molecule has 6 nitrogen and oxygen atoms in total. The number of hydrogen-bond donors (Lipinski definition) is 1. The van der Waals surface area contributed by atoms with E-state index in [1.54, 1.807) is 19.1 Å². The molecule has 0 saturated heterocycles. The predicted molar refractivity (Wildman–Crippen MR) is 88.2 cm³/mol. The number of carbonyl (C=O) groups excluding carboxylic acids is 1. The van der Waals surface area contributed by atoms with E-state index in [2.05, 4.69) is 28.5 Å². The summed E-state index contributed by atoms with van der Waals surface area (Å²) in [5, 5.41) is 16.2. The van der Waals surface area contributed by atoms with Crippen molar-refractivity contribution >= 4 is 23.5 Å². The van der Waals surface area contributed by atoms with Gasteiger partial charge in [0.1, 0.15) is 16.9 Å². The van der Waals surface area contributed by atoms with Crippen molar-refractivity contribution in [1.29, 1.82) is 5.26 Å². The highest BCUT2D eigenvalue weighted by Gasteiger charge is 2.09. The maximum Gasteiger partial charge on any atom is 0.226 e. The number of aryl methyl sites for hydroxylation is 2. The number of nitrogens with zero attached hydrogens (tertiary/aromatic N) is 3. The van der Waals surface area contributed by atoms with Crippen molar-refractivity contribution < 1.29 is 9.32 Å². The van der Waals surface area contributed by atoms with Crippen molar-refractivity contribution in [3.8, 4) is 6.07 Å². The highest BCUT2D eigenvalue weighted by Crippen LogP contribution is 2.22. The number of anilines is 1. The molecule has 0 radical (unpaired) electrons. The molecule has 1 amide bonds. The van der Waals surface area contributed by atoms with E-state index in [4.69, 9.17) is 9.78 Å². The number of nitrogens with one attached hydrogen (secondary N) is 1. The number of amides is 1. The minimum atomic E-state index is -0.144. The van der Waals surface area contributed by atoms with Gasteiger partial charge >= 0.3 is 0 Å². The van der Waals surface area contributed by atoms with Crippen molar-refractivity contribution in [3.63, 3.8) is 0 Å². The lowest BCUT2D eigenvalue weighted by atomic mass is 10.2. The van der Waals surface area contributed by atoms with E-state index in [0.29, 0.717) is 34.3 Å². The highest BCUT2D eigenvalue weighted by atomic mass is 32.2. The normalized spacial score (nSPS) is 10.3. The molecule has 2 aromatic rings. The molecule has 120 valence electrons. The average Bonchev–Trinajstić information content (AvgIpc) is 2.93. The summed E-state index contributed by atoms with van der Waals surface area (Å²) in [6, 6.07) is 7.47. The fraction of sp³-hybridized carbons (Fsp3) is 0.375. The summed E-state index contributed by atoms with van der Waals surface area (Å²) in [6.07, 6.45) is 2.19. The van der Waals surface area contributed by atoms with E-state index in [9.17, 15) is 4.79 Å². The third kappa shape index (κ3) is 5.11. The van der Waals surface area contributed by atoms with Crippen LogP contribution >= 0.6 is 11.8 Å². The minimum Gasteiger partial charge on any atom is -0.360 e. The van der Waals surface area contributed by atoms with Crippen molar-refractivity contribution in [1.82, 2.24) is 10.1 Å². The van der Waals surface area contributed by atoms with Crippen LogP contribution < -0.4 is 5.32 Å². The van der Waals surface area contributed by atoms with Crippen LogP contribution in [0.1, 0.15) is 36.8 Å². The molecule has 0 aromatic carbocycles. The molecule has 0 aliphatic carbocycles. The molecule has 0 spiro atoms. The molecular weight excluding hydrogens is 312 g/mol. The number of thioether (sulfide) groups is 1. The van der Waals surface area contributed by atoms with Crippen molar-refractivity contribution in [2.45, 2.75) is 38.1 Å². The van der Waals surface area contributed by atoms with Gasteiger partial charge < -0.3 is 9.84 Å². The predicted octanol–water partition coefficient (Wildman–Crippen LogP) is 3.32. The Kier molecular flexibility index (Phi) is 6.18. The minimum absolute atomic E-state index is 0.144. The zero-order chi connectivity index (χ0) is 16.7. The van der Waals surface area contributed by atoms with Gasteiger partial charge in [0.05, 0.1) is 5.56 Å². The smallest absolute Gasteiger partial charge is 0.226 e. The number of nitriles is 1. The van der Waals surface area contributed by atoms with Gasteiger partial charge in [-0.3, -0.25) is 4.79 Å². The topological polar surface area (TPSA) is 91.8 Å². The Balaban J connectivity index is 1.89. The van der Waals surface area contributed by atoms with E-state index < -0.39 is 0 Å². The van der Waals surface area contributed by atoms with E-state index >= 15 is 0 Å². The summed E-state index contributed by atoms with van der Waals surface area (Å²) in [5.41, 5.74) is 1.51. The lowest BCUT2D eigenvalue weighted by Gasteiger charge is -2.06. The number of pyridine rings is 1. The molecule has 1 N–H and O–H groups in total. The summed E-state index contributed by atoms with van der Waals surface area (Å²) >= 11 is 1.42. The van der Waals surface area contributed by atoms with E-state index in [-0.39, 0.29) is 5.91 Å². The van der Waals surface area contributed by atoms with Crippen molar-refractivity contribution in [2.24, 2.45) is 0 Å². The third-order valence-corrected chi connectivity index (χ3v) is 4.00. The van der Waals surface area contributed by atoms with E-state index in [1.165, 1.54) is 11.8 Å². The number of hydrogen-bond acceptors (Lipinski definition) is 6. The lowest BCUT2D eigenvalue weighted by molar-refractivity contribution is -0.115. The fourth-order valence-corrected chi connectivity index (χ4v) is 2.87. The van der Waals surface area contributed by atoms with Gasteiger partial charge in [-0.2, -0.15) is 5.26 Å². The third-order valence-electron chi connectivity index (χ3n) is 3.01. The van der Waals surface area contributed by atoms with Gasteiger partial charge in [0, 0.05) is 23.9 Å². The first kappa shape index (κ1) is 17.0. The molecule has 0 unspecified atom stereocenters. The van der Waals surface area contributed by atoms with Gasteiger partial charge in [0.25, 0.3) is 0 Å². The van der Waals surface area contributed by atoms with Crippen molar-refractivity contribution in [3.05, 3.63) is 35.2 Å². The maximum atomic E-state index is 11.8. The van der Waals surface area contributed by atoms with Crippen LogP contribution in [-0.2, 0) is 11.2 Å². The van der Waals surface area contributed by atoms with Crippen LogP contribution in [0.15, 0.2) is 27.7 Å². The molecule has 0 bridgehead atoms. The quantitative estimate of drug-likeness (QED) is 0.783. The average molecular weight is 330 g/mol. The van der Waals surface area contributed by atoms with E-state index in [1.807, 2.05) is 6.07 Å². The largest absolute Gasteiger partial charge is 0.360 e. The molecule has 7 heteroatoms.